The van der Waals surface area contributed by atoms with E-state index in [1.165, 1.54) is 6.42 Å². The predicted molar refractivity (Wildman–Crippen MR) is 134 cm³/mol. The van der Waals surface area contributed by atoms with E-state index in [1.54, 1.807) is 11.8 Å². The maximum absolute atomic E-state index is 13.2. The number of carbonyl (C=O) groups is 2. The second-order valence-electron chi connectivity index (χ2n) is 8.37. The number of aryl methyl sites for hydroxylation is 1. The van der Waals surface area contributed by atoms with Crippen molar-refractivity contribution < 1.29 is 14.3 Å². The van der Waals surface area contributed by atoms with Crippen molar-refractivity contribution in [1.82, 2.24) is 10.2 Å². The molecule has 1 atom stereocenters. The van der Waals surface area contributed by atoms with Crippen LogP contribution in [0.1, 0.15) is 50.2 Å². The van der Waals surface area contributed by atoms with Crippen molar-refractivity contribution >= 4 is 43.7 Å². The molecule has 0 heterocycles. The second-order valence-corrected chi connectivity index (χ2v) is 10.1. The van der Waals surface area contributed by atoms with Crippen molar-refractivity contribution in [3.05, 3.63) is 62.5 Å². The fraction of sp³-hybridized carbons (Fsp3) is 0.440. The highest BCUT2D eigenvalue weighted by Gasteiger charge is 2.28. The van der Waals surface area contributed by atoms with Crippen molar-refractivity contribution in [1.29, 1.82) is 0 Å². The molecule has 5 nitrogen and oxygen atoms in total. The topological polar surface area (TPSA) is 58.6 Å². The molecule has 1 N–H and O–H groups in total. The first-order chi connectivity index (χ1) is 15.3. The van der Waals surface area contributed by atoms with Crippen LogP contribution < -0.4 is 10.1 Å². The molecule has 2 amide bonds. The van der Waals surface area contributed by atoms with E-state index >= 15 is 0 Å². The number of ether oxygens (including phenoxy) is 1. The molecule has 172 valence electrons. The fourth-order valence-corrected chi connectivity index (χ4v) is 4.38. The summed E-state index contributed by atoms with van der Waals surface area (Å²) in [6, 6.07) is 13.0. The van der Waals surface area contributed by atoms with Crippen LogP contribution in [0.4, 0.5) is 0 Å². The summed E-state index contributed by atoms with van der Waals surface area (Å²) in [7, 11) is 0. The third kappa shape index (κ3) is 7.07. The smallest absolute Gasteiger partial charge is 0.261 e. The van der Waals surface area contributed by atoms with E-state index in [2.05, 4.69) is 37.2 Å². The molecule has 1 fully saturated rings. The first-order valence-electron chi connectivity index (χ1n) is 11.1. The normalized spacial score (nSPS) is 15.1. The highest BCUT2D eigenvalue weighted by Crippen LogP contribution is 2.22. The van der Waals surface area contributed by atoms with Crippen LogP contribution in [-0.2, 0) is 16.1 Å². The van der Waals surface area contributed by atoms with Gasteiger partial charge in [0.2, 0.25) is 5.91 Å². The lowest BCUT2D eigenvalue weighted by atomic mass is 9.95. The minimum Gasteiger partial charge on any atom is -0.484 e. The number of nitrogens with one attached hydrogen (secondary N) is 1. The average Bonchev–Trinajstić information content (AvgIpc) is 2.79. The number of nitrogens with zero attached hydrogens (tertiary/aromatic N) is 1. The van der Waals surface area contributed by atoms with Crippen LogP contribution in [0, 0.1) is 6.92 Å². The number of hydrogen-bond acceptors (Lipinski definition) is 3. The maximum atomic E-state index is 13.2. The molecule has 0 radical (unpaired) electrons. The Morgan fingerprint density at radius 1 is 1.09 bits per heavy atom. The second kappa shape index (κ2) is 11.8. The van der Waals surface area contributed by atoms with E-state index in [0.717, 1.165) is 45.8 Å². The summed E-state index contributed by atoms with van der Waals surface area (Å²) >= 11 is 6.91. The molecule has 0 unspecified atom stereocenters. The van der Waals surface area contributed by atoms with Crippen LogP contribution in [0.25, 0.3) is 0 Å². The van der Waals surface area contributed by atoms with Crippen LogP contribution >= 0.6 is 31.9 Å². The van der Waals surface area contributed by atoms with E-state index < -0.39 is 6.04 Å². The zero-order valence-electron chi connectivity index (χ0n) is 18.6. The quantitative estimate of drug-likeness (QED) is 0.442. The predicted octanol–water partition coefficient (Wildman–Crippen LogP) is 5.77. The Balaban J connectivity index is 1.70. The summed E-state index contributed by atoms with van der Waals surface area (Å²) in [5.74, 6) is 0.295. The Bertz CT molecular complexity index is 927. The van der Waals surface area contributed by atoms with Crippen LogP contribution in [0.2, 0.25) is 0 Å². The van der Waals surface area contributed by atoms with Crippen molar-refractivity contribution in [2.45, 2.75) is 64.6 Å². The number of amides is 2. The summed E-state index contributed by atoms with van der Waals surface area (Å²) in [5, 5.41) is 3.15. The summed E-state index contributed by atoms with van der Waals surface area (Å²) in [4.78, 5) is 27.8. The van der Waals surface area contributed by atoms with Gasteiger partial charge in [-0.1, -0.05) is 63.3 Å². The van der Waals surface area contributed by atoms with Crippen molar-refractivity contribution in [3.63, 3.8) is 0 Å². The van der Waals surface area contributed by atoms with Gasteiger partial charge >= 0.3 is 0 Å². The number of rotatable bonds is 8. The van der Waals surface area contributed by atoms with Gasteiger partial charge in [0.25, 0.3) is 5.91 Å². The summed E-state index contributed by atoms with van der Waals surface area (Å²) in [6.45, 7) is 3.97. The summed E-state index contributed by atoms with van der Waals surface area (Å²) in [6.07, 6.45) is 5.52. The fourth-order valence-electron chi connectivity index (χ4n) is 3.87. The molecule has 0 aromatic heterocycles. The lowest BCUT2D eigenvalue weighted by Gasteiger charge is -2.31. The highest BCUT2D eigenvalue weighted by atomic mass is 79.9. The van der Waals surface area contributed by atoms with Gasteiger partial charge in [0.1, 0.15) is 11.8 Å². The van der Waals surface area contributed by atoms with Crippen molar-refractivity contribution in [2.75, 3.05) is 6.61 Å². The third-order valence-corrected chi connectivity index (χ3v) is 7.30. The maximum Gasteiger partial charge on any atom is 0.261 e. The van der Waals surface area contributed by atoms with E-state index in [-0.39, 0.29) is 24.5 Å². The highest BCUT2D eigenvalue weighted by molar-refractivity contribution is 9.10. The minimum absolute atomic E-state index is 0.109. The molecule has 0 spiro atoms. The van der Waals surface area contributed by atoms with E-state index in [0.29, 0.717) is 12.3 Å². The van der Waals surface area contributed by atoms with Crippen LogP contribution in [0.3, 0.4) is 0 Å². The van der Waals surface area contributed by atoms with E-state index in [1.807, 2.05) is 49.4 Å². The zero-order valence-corrected chi connectivity index (χ0v) is 21.7. The molecule has 3 rings (SSSR count). The molecule has 1 saturated carbocycles. The molecule has 1 aliphatic carbocycles. The Morgan fingerprint density at radius 3 is 2.44 bits per heavy atom. The zero-order chi connectivity index (χ0) is 23.1. The summed E-state index contributed by atoms with van der Waals surface area (Å²) in [5.41, 5.74) is 1.99. The van der Waals surface area contributed by atoms with Gasteiger partial charge in [-0.15, -0.1) is 0 Å². The molecule has 0 saturated heterocycles. The van der Waals surface area contributed by atoms with E-state index in [4.69, 9.17) is 4.74 Å². The molecule has 1 aliphatic rings. The Labute approximate surface area is 207 Å². The van der Waals surface area contributed by atoms with Gasteiger partial charge < -0.3 is 15.0 Å². The summed E-state index contributed by atoms with van der Waals surface area (Å²) < 4.78 is 7.73. The number of carbonyl (C=O) groups excluding carboxylic acids is 2. The number of hydrogen-bond donors (Lipinski definition) is 1. The van der Waals surface area contributed by atoms with Crippen LogP contribution in [0.15, 0.2) is 51.4 Å². The molecule has 32 heavy (non-hydrogen) atoms. The van der Waals surface area contributed by atoms with Gasteiger partial charge in [-0.3, -0.25) is 9.59 Å². The Morgan fingerprint density at radius 2 is 1.78 bits per heavy atom. The van der Waals surface area contributed by atoms with Gasteiger partial charge in [-0.25, -0.2) is 0 Å². The number of halogens is 2. The monoisotopic (exact) mass is 564 g/mol. The Kier molecular flexibility index (Phi) is 9.17. The average molecular weight is 566 g/mol. The molecular weight excluding hydrogens is 536 g/mol. The van der Waals surface area contributed by atoms with Gasteiger partial charge in [0.15, 0.2) is 6.61 Å². The van der Waals surface area contributed by atoms with Gasteiger partial charge in [0.05, 0.1) is 0 Å². The molecule has 2 aromatic rings. The van der Waals surface area contributed by atoms with Gasteiger partial charge in [-0.05, 0) is 68.1 Å². The van der Waals surface area contributed by atoms with Gasteiger partial charge in [0, 0.05) is 21.5 Å². The largest absolute Gasteiger partial charge is 0.484 e. The number of benzene rings is 2. The minimum atomic E-state index is -0.594. The molecule has 2 aromatic carbocycles. The van der Waals surface area contributed by atoms with Crippen molar-refractivity contribution in [3.8, 4) is 5.75 Å². The molecule has 0 aliphatic heterocycles. The lowest BCUT2D eigenvalue weighted by Crippen LogP contribution is -2.51. The first-order valence-corrected chi connectivity index (χ1v) is 12.7. The van der Waals surface area contributed by atoms with Crippen LogP contribution in [0.5, 0.6) is 5.75 Å². The van der Waals surface area contributed by atoms with Crippen LogP contribution in [-0.4, -0.2) is 35.4 Å². The first kappa shape index (κ1) is 24.8. The third-order valence-electron chi connectivity index (χ3n) is 5.88. The van der Waals surface area contributed by atoms with E-state index in [9.17, 15) is 9.59 Å². The molecule has 0 bridgehead atoms. The molecular formula is C25H30Br2N2O3. The molecule has 7 heteroatoms. The van der Waals surface area contributed by atoms with Crippen molar-refractivity contribution in [2.24, 2.45) is 0 Å². The Hall–Kier alpha value is -1.86. The SMILES string of the molecule is Cc1cc(OCC(=O)N(Cc2ccc(Br)cc2)[C@@H](C)C(=O)NC2CCCCC2)ccc1Br. The van der Waals surface area contributed by atoms with Gasteiger partial charge in [-0.2, -0.15) is 0 Å². The lowest BCUT2D eigenvalue weighted by molar-refractivity contribution is -0.142. The standard InChI is InChI=1S/C25H30Br2N2O3/c1-17-14-22(12-13-23(17)27)32-16-24(30)29(15-19-8-10-20(26)11-9-19)18(2)25(31)28-21-6-4-3-5-7-21/h8-14,18,21H,3-7,15-16H2,1-2H3,(H,28,31)/t18-/m0/s1.